The second-order valence-electron chi connectivity index (χ2n) is 7.87. The number of benzene rings is 1. The number of amides is 2. The van der Waals surface area contributed by atoms with Crippen LogP contribution in [0.2, 0.25) is 0 Å². The van der Waals surface area contributed by atoms with Gasteiger partial charge in [-0.25, -0.2) is 4.98 Å². The number of nitrogens with two attached hydrogens (primary N) is 2. The van der Waals surface area contributed by atoms with Crippen molar-refractivity contribution >= 4 is 52.1 Å². The highest BCUT2D eigenvalue weighted by molar-refractivity contribution is 8.00. The van der Waals surface area contributed by atoms with Gasteiger partial charge in [0, 0.05) is 29.6 Å². The highest BCUT2D eigenvalue weighted by Crippen LogP contribution is 2.40. The molecule has 1 atom stereocenters. The van der Waals surface area contributed by atoms with E-state index in [-0.39, 0.29) is 30.2 Å². The molecular weight excluding hydrogens is 490 g/mol. The number of nitrogen functional groups attached to an aromatic ring is 1. The minimum absolute atomic E-state index is 0.0532. The van der Waals surface area contributed by atoms with Crippen molar-refractivity contribution in [3.63, 3.8) is 0 Å². The number of thiophene rings is 1. The largest absolute Gasteiger partial charge is 0.484 e. The Labute approximate surface area is 209 Å². The number of hydrogen-bond donors (Lipinski definition) is 3. The molecule has 1 aliphatic heterocycles. The maximum atomic E-state index is 12.6. The number of nitrogens with zero attached hydrogens (tertiary/aromatic N) is 2. The van der Waals surface area contributed by atoms with Crippen molar-refractivity contribution in [2.24, 2.45) is 17.4 Å². The summed E-state index contributed by atoms with van der Waals surface area (Å²) in [5.74, 6) is -0.184. The second kappa shape index (κ2) is 10.6. The smallest absolute Gasteiger partial charge is 0.260 e. The highest BCUT2D eigenvalue weighted by atomic mass is 32.2. The van der Waals surface area contributed by atoms with Gasteiger partial charge < -0.3 is 21.1 Å². The van der Waals surface area contributed by atoms with Gasteiger partial charge in [-0.15, -0.1) is 34.4 Å². The molecule has 4 rings (SSSR count). The number of nitrogens with one attached hydrogen (secondary N) is 1. The molecule has 8 nitrogen and oxygen atoms in total. The van der Waals surface area contributed by atoms with Crippen molar-refractivity contribution < 1.29 is 14.3 Å². The molecule has 3 aromatic rings. The third kappa shape index (κ3) is 5.43. The molecule has 0 aliphatic carbocycles. The van der Waals surface area contributed by atoms with Gasteiger partial charge in [0.25, 0.3) is 5.91 Å². The predicted octanol–water partition coefficient (Wildman–Crippen LogP) is 3.65. The molecule has 0 saturated carbocycles. The predicted molar refractivity (Wildman–Crippen MR) is 138 cm³/mol. The Morgan fingerprint density at radius 3 is 2.88 bits per heavy atom. The molecule has 11 heteroatoms. The average molecular weight is 516 g/mol. The normalized spacial score (nSPS) is 15.8. The van der Waals surface area contributed by atoms with Crippen molar-refractivity contribution in [1.82, 2.24) is 9.88 Å². The lowest BCUT2D eigenvalue weighted by atomic mass is 9.97. The van der Waals surface area contributed by atoms with Crippen LogP contribution in [0.25, 0.3) is 21.8 Å². The van der Waals surface area contributed by atoms with E-state index in [2.05, 4.69) is 0 Å². The van der Waals surface area contributed by atoms with Crippen LogP contribution in [0, 0.1) is 11.3 Å². The molecule has 0 radical (unpaired) electrons. The molecule has 1 aliphatic rings. The van der Waals surface area contributed by atoms with Crippen LogP contribution in [0.4, 0.5) is 0 Å². The first kappa shape index (κ1) is 24.2. The molecular formula is C23H25N5O3S3. The summed E-state index contributed by atoms with van der Waals surface area (Å²) in [5.41, 5.74) is 13.7. The van der Waals surface area contributed by atoms with Gasteiger partial charge in [0.05, 0.1) is 20.7 Å². The number of carbonyl (C=O) groups excluding carboxylic acids is 2. The van der Waals surface area contributed by atoms with Crippen LogP contribution in [0.1, 0.15) is 17.7 Å². The zero-order valence-electron chi connectivity index (χ0n) is 18.6. The first-order chi connectivity index (χ1) is 16.4. The summed E-state index contributed by atoms with van der Waals surface area (Å²) in [5, 5.41) is 10.5. The monoisotopic (exact) mass is 515 g/mol. The van der Waals surface area contributed by atoms with E-state index in [1.165, 1.54) is 22.7 Å². The number of carbonyl (C=O) groups is 2. The summed E-state index contributed by atoms with van der Waals surface area (Å²) in [6, 6.07) is 9.38. The molecule has 0 spiro atoms. The van der Waals surface area contributed by atoms with Crippen LogP contribution in [0.15, 0.2) is 39.9 Å². The summed E-state index contributed by atoms with van der Waals surface area (Å²) in [6.45, 7) is 0.863. The molecule has 1 aromatic carbocycles. The molecule has 34 heavy (non-hydrogen) atoms. The molecule has 5 N–H and O–H groups in total. The first-order valence-corrected chi connectivity index (χ1v) is 13.6. The molecule has 1 fully saturated rings. The van der Waals surface area contributed by atoms with Gasteiger partial charge >= 0.3 is 0 Å². The Hall–Kier alpha value is -2.89. The Bertz CT molecular complexity index is 1220. The van der Waals surface area contributed by atoms with Gasteiger partial charge in [0.15, 0.2) is 6.61 Å². The fraction of sp³-hybridized carbons (Fsp3) is 0.304. The third-order valence-electron chi connectivity index (χ3n) is 5.55. The van der Waals surface area contributed by atoms with Gasteiger partial charge in [0.2, 0.25) is 5.91 Å². The standard InChI is InChI=1S/C23H25N5O3S3/c1-32-23-16(9-18(34-23)20(24)25)22-27-17(12-33-22)13-4-2-6-15(8-13)31-11-19(29)28-7-3-5-14(10-28)21(26)30/h2,4,6,8-9,12,14H,3,5,7,10-11H2,1H3,(H3,24,25)(H2,26,30). The van der Waals surface area contributed by atoms with E-state index >= 15 is 0 Å². The number of piperidine rings is 1. The van der Waals surface area contributed by atoms with Crippen LogP contribution in [-0.2, 0) is 9.59 Å². The number of rotatable bonds is 8. The van der Waals surface area contributed by atoms with E-state index in [0.717, 1.165) is 43.8 Å². The lowest BCUT2D eigenvalue weighted by Crippen LogP contribution is -2.45. The van der Waals surface area contributed by atoms with Gasteiger partial charge in [-0.3, -0.25) is 15.0 Å². The van der Waals surface area contributed by atoms with E-state index in [1.807, 2.05) is 35.9 Å². The van der Waals surface area contributed by atoms with Gasteiger partial charge in [0.1, 0.15) is 16.6 Å². The van der Waals surface area contributed by atoms with E-state index in [0.29, 0.717) is 18.8 Å². The maximum Gasteiger partial charge on any atom is 0.260 e. The minimum Gasteiger partial charge on any atom is -0.484 e. The molecule has 3 heterocycles. The lowest BCUT2D eigenvalue weighted by molar-refractivity contribution is -0.136. The van der Waals surface area contributed by atoms with Gasteiger partial charge in [-0.1, -0.05) is 12.1 Å². The summed E-state index contributed by atoms with van der Waals surface area (Å²) in [6.07, 6.45) is 3.47. The Balaban J connectivity index is 1.44. The van der Waals surface area contributed by atoms with Crippen LogP contribution in [0.5, 0.6) is 5.75 Å². The molecule has 1 saturated heterocycles. The summed E-state index contributed by atoms with van der Waals surface area (Å²) in [4.78, 5) is 31.2. The number of amidine groups is 1. The Morgan fingerprint density at radius 1 is 1.32 bits per heavy atom. The quantitative estimate of drug-likeness (QED) is 0.238. The van der Waals surface area contributed by atoms with Crippen molar-refractivity contribution in [2.45, 2.75) is 17.1 Å². The topological polar surface area (TPSA) is 135 Å². The van der Waals surface area contributed by atoms with Crippen molar-refractivity contribution in [1.29, 1.82) is 5.41 Å². The van der Waals surface area contributed by atoms with Gasteiger partial charge in [-0.05, 0) is 37.3 Å². The van der Waals surface area contributed by atoms with Crippen LogP contribution >= 0.6 is 34.4 Å². The fourth-order valence-corrected chi connectivity index (χ4v) is 6.47. The second-order valence-corrected chi connectivity index (χ2v) is 10.9. The molecule has 1 unspecified atom stereocenters. The highest BCUT2D eigenvalue weighted by Gasteiger charge is 2.27. The lowest BCUT2D eigenvalue weighted by Gasteiger charge is -2.31. The van der Waals surface area contributed by atoms with Crippen molar-refractivity contribution in [3.05, 3.63) is 40.6 Å². The molecule has 178 valence electrons. The number of aromatic nitrogens is 1. The number of primary amides is 1. The fourth-order valence-electron chi connectivity index (χ4n) is 3.76. The number of thiazole rings is 1. The third-order valence-corrected chi connectivity index (χ3v) is 8.73. The number of likely N-dealkylation sites (tertiary alicyclic amines) is 1. The van der Waals surface area contributed by atoms with Crippen molar-refractivity contribution in [3.8, 4) is 27.6 Å². The van der Waals surface area contributed by atoms with E-state index in [4.69, 9.17) is 26.6 Å². The Morgan fingerprint density at radius 2 is 2.15 bits per heavy atom. The van der Waals surface area contributed by atoms with E-state index < -0.39 is 0 Å². The van der Waals surface area contributed by atoms with Crippen LogP contribution in [0.3, 0.4) is 0 Å². The number of ether oxygens (including phenoxy) is 1. The minimum atomic E-state index is -0.363. The maximum absolute atomic E-state index is 12.6. The molecule has 0 bridgehead atoms. The zero-order chi connectivity index (χ0) is 24.2. The van der Waals surface area contributed by atoms with Crippen molar-refractivity contribution in [2.75, 3.05) is 26.0 Å². The molecule has 2 amide bonds. The number of hydrogen-bond acceptors (Lipinski definition) is 8. The summed E-state index contributed by atoms with van der Waals surface area (Å²) in [7, 11) is 0. The summed E-state index contributed by atoms with van der Waals surface area (Å²) < 4.78 is 6.83. The SMILES string of the molecule is CSc1sc(C(=N)N)cc1-c1nc(-c2cccc(OCC(=O)N3CCCC(C(N)=O)C3)c2)cs1. The van der Waals surface area contributed by atoms with E-state index in [9.17, 15) is 9.59 Å². The van der Waals surface area contributed by atoms with Crippen LogP contribution in [-0.4, -0.2) is 53.5 Å². The number of thioether (sulfide) groups is 1. The van der Waals surface area contributed by atoms with E-state index in [1.54, 1.807) is 22.7 Å². The first-order valence-electron chi connectivity index (χ1n) is 10.6. The zero-order valence-corrected chi connectivity index (χ0v) is 21.0. The molecule has 2 aromatic heterocycles. The van der Waals surface area contributed by atoms with Crippen LogP contribution < -0.4 is 16.2 Å². The van der Waals surface area contributed by atoms with Gasteiger partial charge in [-0.2, -0.15) is 0 Å². The Kier molecular flexibility index (Phi) is 7.54. The summed E-state index contributed by atoms with van der Waals surface area (Å²) >= 11 is 4.63. The average Bonchev–Trinajstić information content (AvgIpc) is 3.50.